The minimum absolute atomic E-state index is 0.112. The molecule has 2 unspecified atom stereocenters. The fourth-order valence-corrected chi connectivity index (χ4v) is 3.94. The van der Waals surface area contributed by atoms with Gasteiger partial charge in [0.2, 0.25) is 5.91 Å². The first-order valence-corrected chi connectivity index (χ1v) is 9.38. The number of nitrogens with zero attached hydrogens (tertiary/aromatic N) is 2. The first-order chi connectivity index (χ1) is 11.5. The van der Waals surface area contributed by atoms with Crippen LogP contribution in [-0.2, 0) is 11.2 Å². The second-order valence-corrected chi connectivity index (χ2v) is 7.53. The Morgan fingerprint density at radius 3 is 2.88 bits per heavy atom. The van der Waals surface area contributed by atoms with E-state index in [9.17, 15) is 9.90 Å². The molecule has 1 aliphatic heterocycles. The quantitative estimate of drug-likeness (QED) is 0.926. The van der Waals surface area contributed by atoms with Crippen molar-refractivity contribution in [2.45, 2.75) is 39.2 Å². The smallest absolute Gasteiger partial charge is 0.228 e. The highest BCUT2D eigenvalue weighted by Crippen LogP contribution is 2.25. The Kier molecular flexibility index (Phi) is 5.31. The molecule has 3 rings (SSSR count). The van der Waals surface area contributed by atoms with Gasteiger partial charge in [-0.2, -0.15) is 0 Å². The van der Waals surface area contributed by atoms with Crippen molar-refractivity contribution in [3.63, 3.8) is 0 Å². The van der Waals surface area contributed by atoms with E-state index in [0.717, 1.165) is 35.7 Å². The maximum Gasteiger partial charge on any atom is 0.228 e. The van der Waals surface area contributed by atoms with E-state index in [1.807, 2.05) is 17.2 Å². The lowest BCUT2D eigenvalue weighted by Gasteiger charge is -2.34. The molecule has 1 N–H and O–H groups in total. The number of aromatic nitrogens is 1. The van der Waals surface area contributed by atoms with Crippen LogP contribution in [0.5, 0.6) is 0 Å². The van der Waals surface area contributed by atoms with Crippen molar-refractivity contribution in [1.29, 1.82) is 0 Å². The summed E-state index contributed by atoms with van der Waals surface area (Å²) in [5, 5.41) is 12.7. The van der Waals surface area contributed by atoms with E-state index in [0.29, 0.717) is 13.0 Å². The summed E-state index contributed by atoms with van der Waals surface area (Å²) in [6.45, 7) is 5.32. The highest BCUT2D eigenvalue weighted by Gasteiger charge is 2.26. The van der Waals surface area contributed by atoms with Crippen LogP contribution in [0.4, 0.5) is 0 Å². The molecule has 1 saturated heterocycles. The van der Waals surface area contributed by atoms with Gasteiger partial charge in [-0.1, -0.05) is 29.8 Å². The van der Waals surface area contributed by atoms with Crippen LogP contribution in [0.1, 0.15) is 31.0 Å². The van der Waals surface area contributed by atoms with Gasteiger partial charge >= 0.3 is 0 Å². The molecule has 1 amide bonds. The number of benzene rings is 1. The number of aliphatic hydroxyl groups excluding tert-OH is 1. The topological polar surface area (TPSA) is 53.4 Å². The predicted octanol–water partition coefficient (Wildman–Crippen LogP) is 3.28. The molecule has 2 aromatic rings. The molecular weight excluding hydrogens is 320 g/mol. The van der Waals surface area contributed by atoms with Gasteiger partial charge in [-0.25, -0.2) is 4.98 Å². The number of carbonyl (C=O) groups is 1. The highest BCUT2D eigenvalue weighted by atomic mass is 32.1. The van der Waals surface area contributed by atoms with E-state index in [2.05, 4.69) is 36.2 Å². The number of aliphatic hydroxyl groups is 1. The summed E-state index contributed by atoms with van der Waals surface area (Å²) in [5.41, 5.74) is 3.15. The third-order valence-electron chi connectivity index (χ3n) is 4.68. The molecule has 0 aliphatic carbocycles. The summed E-state index contributed by atoms with van der Waals surface area (Å²) in [5.74, 6) is 0.308. The van der Waals surface area contributed by atoms with E-state index >= 15 is 0 Å². The number of carbonyl (C=O) groups excluding carboxylic acids is 1. The van der Waals surface area contributed by atoms with Crippen LogP contribution in [0.2, 0.25) is 0 Å². The normalized spacial score (nSPS) is 19.3. The van der Waals surface area contributed by atoms with Crippen molar-refractivity contribution in [2.24, 2.45) is 5.92 Å². The van der Waals surface area contributed by atoms with E-state index < -0.39 is 0 Å². The second kappa shape index (κ2) is 7.45. The van der Waals surface area contributed by atoms with Crippen molar-refractivity contribution in [3.8, 4) is 10.6 Å². The molecule has 0 radical (unpaired) electrons. The molecule has 2 heterocycles. The Morgan fingerprint density at radius 1 is 1.42 bits per heavy atom. The summed E-state index contributed by atoms with van der Waals surface area (Å²) in [4.78, 5) is 19.0. The van der Waals surface area contributed by atoms with Gasteiger partial charge in [-0.15, -0.1) is 11.3 Å². The van der Waals surface area contributed by atoms with Crippen molar-refractivity contribution < 1.29 is 9.90 Å². The first-order valence-electron chi connectivity index (χ1n) is 8.50. The van der Waals surface area contributed by atoms with Crippen molar-refractivity contribution >= 4 is 17.2 Å². The van der Waals surface area contributed by atoms with Crippen LogP contribution < -0.4 is 0 Å². The number of likely N-dealkylation sites (tertiary alicyclic amines) is 1. The molecule has 0 bridgehead atoms. The molecule has 2 atom stereocenters. The summed E-state index contributed by atoms with van der Waals surface area (Å²) < 4.78 is 0. The zero-order valence-corrected chi connectivity index (χ0v) is 15.1. The Labute approximate surface area is 147 Å². The lowest BCUT2D eigenvalue weighted by molar-refractivity contribution is -0.133. The summed E-state index contributed by atoms with van der Waals surface area (Å²) in [6, 6.07) is 8.28. The molecule has 1 aliphatic rings. The first kappa shape index (κ1) is 17.1. The Morgan fingerprint density at radius 2 is 2.17 bits per heavy atom. The summed E-state index contributed by atoms with van der Waals surface area (Å²) in [6.07, 6.45) is 1.95. The van der Waals surface area contributed by atoms with Crippen LogP contribution in [-0.4, -0.2) is 40.1 Å². The molecule has 4 nitrogen and oxygen atoms in total. The van der Waals surface area contributed by atoms with Crippen molar-refractivity contribution in [1.82, 2.24) is 9.88 Å². The monoisotopic (exact) mass is 344 g/mol. The Bertz CT molecular complexity index is 694. The molecule has 1 aromatic carbocycles. The van der Waals surface area contributed by atoms with Gasteiger partial charge in [0, 0.05) is 30.0 Å². The van der Waals surface area contributed by atoms with E-state index in [-0.39, 0.29) is 17.9 Å². The number of hydrogen-bond acceptors (Lipinski definition) is 4. The molecular formula is C19H24N2O2S. The van der Waals surface area contributed by atoms with Gasteiger partial charge in [0.25, 0.3) is 0 Å². The zero-order chi connectivity index (χ0) is 17.1. The maximum atomic E-state index is 12.5. The van der Waals surface area contributed by atoms with Crippen LogP contribution in [0.3, 0.4) is 0 Å². The number of piperidine rings is 1. The average molecular weight is 344 g/mol. The fraction of sp³-hybridized carbons (Fsp3) is 0.474. The molecule has 128 valence electrons. The summed E-state index contributed by atoms with van der Waals surface area (Å²) >= 11 is 1.58. The van der Waals surface area contributed by atoms with Gasteiger partial charge in [0.05, 0.1) is 18.2 Å². The zero-order valence-electron chi connectivity index (χ0n) is 14.2. The molecule has 1 aromatic heterocycles. The predicted molar refractivity (Wildman–Crippen MR) is 97.0 cm³/mol. The van der Waals surface area contributed by atoms with Gasteiger partial charge in [0.1, 0.15) is 5.01 Å². The van der Waals surface area contributed by atoms with Gasteiger partial charge in [-0.05, 0) is 26.7 Å². The third kappa shape index (κ3) is 4.02. The van der Waals surface area contributed by atoms with Crippen LogP contribution in [0.15, 0.2) is 29.6 Å². The molecule has 5 heteroatoms. The second-order valence-electron chi connectivity index (χ2n) is 6.67. The largest absolute Gasteiger partial charge is 0.393 e. The van der Waals surface area contributed by atoms with Crippen LogP contribution in [0.25, 0.3) is 10.6 Å². The van der Waals surface area contributed by atoms with Crippen molar-refractivity contribution in [3.05, 3.63) is 40.9 Å². The van der Waals surface area contributed by atoms with E-state index in [1.54, 1.807) is 11.3 Å². The number of rotatable bonds is 4. The van der Waals surface area contributed by atoms with E-state index in [1.165, 1.54) is 5.56 Å². The van der Waals surface area contributed by atoms with Crippen LogP contribution >= 0.6 is 11.3 Å². The lowest BCUT2D eigenvalue weighted by Crippen LogP contribution is -2.43. The number of thiazole rings is 1. The lowest BCUT2D eigenvalue weighted by atomic mass is 9.93. The SMILES string of the molecule is Cc1ccc(-c2nc(CC(=O)N3CCCC(C(C)O)C3)cs2)cc1. The molecule has 1 fully saturated rings. The summed E-state index contributed by atoms with van der Waals surface area (Å²) in [7, 11) is 0. The average Bonchev–Trinajstić information content (AvgIpc) is 3.04. The van der Waals surface area contributed by atoms with E-state index in [4.69, 9.17) is 0 Å². The number of hydrogen-bond donors (Lipinski definition) is 1. The fourth-order valence-electron chi connectivity index (χ4n) is 3.11. The van der Waals surface area contributed by atoms with Crippen molar-refractivity contribution in [2.75, 3.05) is 13.1 Å². The minimum Gasteiger partial charge on any atom is -0.393 e. The minimum atomic E-state index is -0.354. The van der Waals surface area contributed by atoms with Gasteiger partial charge in [0.15, 0.2) is 0 Å². The molecule has 0 saturated carbocycles. The van der Waals surface area contributed by atoms with Gasteiger partial charge in [-0.3, -0.25) is 4.79 Å². The Hall–Kier alpha value is -1.72. The third-order valence-corrected chi connectivity index (χ3v) is 5.62. The number of amides is 1. The Balaban J connectivity index is 1.64. The van der Waals surface area contributed by atoms with Crippen LogP contribution in [0, 0.1) is 12.8 Å². The highest BCUT2D eigenvalue weighted by molar-refractivity contribution is 7.13. The molecule has 0 spiro atoms. The molecule has 24 heavy (non-hydrogen) atoms. The van der Waals surface area contributed by atoms with Gasteiger partial charge < -0.3 is 10.0 Å². The maximum absolute atomic E-state index is 12.5. The standard InChI is InChI=1S/C19H24N2O2S/c1-13-5-7-15(8-6-13)19-20-17(12-24-19)10-18(23)21-9-3-4-16(11-21)14(2)22/h5-8,12,14,16,22H,3-4,9-11H2,1-2H3. The number of aryl methyl sites for hydroxylation is 1.